The van der Waals surface area contributed by atoms with Gasteiger partial charge < -0.3 is 11.1 Å². The molecule has 0 saturated heterocycles. The van der Waals surface area contributed by atoms with Gasteiger partial charge in [-0.05, 0) is 30.5 Å². The first-order valence-corrected chi connectivity index (χ1v) is 6.89. The normalized spacial score (nSPS) is 19.2. The van der Waals surface area contributed by atoms with Crippen molar-refractivity contribution in [2.24, 2.45) is 5.73 Å². The smallest absolute Gasteiger partial charge is 0.0446 e. The van der Waals surface area contributed by atoms with E-state index in [0.717, 1.165) is 5.02 Å². The minimum atomic E-state index is 0.260. The summed E-state index contributed by atoms with van der Waals surface area (Å²) >= 11 is 5.90. The van der Waals surface area contributed by atoms with Crippen molar-refractivity contribution in [2.45, 2.75) is 44.2 Å². The monoisotopic (exact) mass is 252 g/mol. The highest BCUT2D eigenvalue weighted by atomic mass is 35.5. The lowest BCUT2D eigenvalue weighted by Gasteiger charge is -2.28. The van der Waals surface area contributed by atoms with Gasteiger partial charge in [-0.15, -0.1) is 0 Å². The summed E-state index contributed by atoms with van der Waals surface area (Å²) in [6, 6.07) is 8.89. The lowest BCUT2D eigenvalue weighted by Crippen LogP contribution is -2.37. The summed E-state index contributed by atoms with van der Waals surface area (Å²) in [6.45, 7) is 0.637. The van der Waals surface area contributed by atoms with Crippen molar-refractivity contribution in [3.8, 4) is 0 Å². The summed E-state index contributed by atoms with van der Waals surface area (Å²) in [6.07, 6.45) is 6.63. The Bertz CT molecular complexity index is 331. The van der Waals surface area contributed by atoms with Gasteiger partial charge in [-0.1, -0.05) is 43.0 Å². The zero-order chi connectivity index (χ0) is 12.1. The van der Waals surface area contributed by atoms with Crippen molar-refractivity contribution < 1.29 is 0 Å². The fourth-order valence-electron chi connectivity index (χ4n) is 2.55. The van der Waals surface area contributed by atoms with Crippen molar-refractivity contribution in [3.63, 3.8) is 0 Å². The van der Waals surface area contributed by atoms with E-state index >= 15 is 0 Å². The van der Waals surface area contributed by atoms with E-state index in [4.69, 9.17) is 17.3 Å². The van der Waals surface area contributed by atoms with Crippen LogP contribution in [0.15, 0.2) is 24.3 Å². The third kappa shape index (κ3) is 3.70. The summed E-state index contributed by atoms with van der Waals surface area (Å²) in [4.78, 5) is 0. The third-order valence-corrected chi connectivity index (χ3v) is 3.80. The maximum Gasteiger partial charge on any atom is 0.0446 e. The Balaban J connectivity index is 1.97. The molecule has 2 nitrogen and oxygen atoms in total. The molecule has 0 heterocycles. The molecule has 0 spiro atoms. The predicted octanol–water partition coefficient (Wildman–Crippen LogP) is 3.26. The van der Waals surface area contributed by atoms with Gasteiger partial charge in [0.05, 0.1) is 0 Å². The van der Waals surface area contributed by atoms with Crippen molar-refractivity contribution in [3.05, 3.63) is 34.9 Å². The topological polar surface area (TPSA) is 38.0 Å². The molecule has 1 aromatic carbocycles. The van der Waals surface area contributed by atoms with Crippen molar-refractivity contribution in [1.82, 2.24) is 5.32 Å². The molecule has 1 saturated carbocycles. The summed E-state index contributed by atoms with van der Waals surface area (Å²) in [5.74, 6) is 0. The zero-order valence-corrected chi connectivity index (χ0v) is 10.9. The van der Waals surface area contributed by atoms with E-state index in [2.05, 4.69) is 17.4 Å². The van der Waals surface area contributed by atoms with Gasteiger partial charge in [0.2, 0.25) is 0 Å². The molecule has 0 bridgehead atoms. The number of nitrogens with one attached hydrogen (secondary N) is 1. The molecule has 0 amide bonds. The number of hydrogen-bond acceptors (Lipinski definition) is 2. The van der Waals surface area contributed by atoms with E-state index < -0.39 is 0 Å². The molecule has 0 aliphatic heterocycles. The number of nitrogens with two attached hydrogens (primary N) is 1. The highest BCUT2D eigenvalue weighted by Crippen LogP contribution is 2.22. The number of halogens is 1. The minimum Gasteiger partial charge on any atom is -0.329 e. The highest BCUT2D eigenvalue weighted by molar-refractivity contribution is 6.30. The Morgan fingerprint density at radius 3 is 2.41 bits per heavy atom. The van der Waals surface area contributed by atoms with E-state index in [0.29, 0.717) is 12.6 Å². The zero-order valence-electron chi connectivity index (χ0n) is 10.2. The minimum absolute atomic E-state index is 0.260. The predicted molar refractivity (Wildman–Crippen MR) is 73.3 cm³/mol. The molecule has 1 fully saturated rings. The number of benzene rings is 1. The van der Waals surface area contributed by atoms with Crippen LogP contribution in [0.5, 0.6) is 0 Å². The van der Waals surface area contributed by atoms with Crippen LogP contribution in [0.25, 0.3) is 0 Å². The fraction of sp³-hybridized carbons (Fsp3) is 0.571. The molecule has 1 unspecified atom stereocenters. The molecule has 2 rings (SSSR count). The molecule has 3 heteroatoms. The van der Waals surface area contributed by atoms with Gasteiger partial charge in [0.1, 0.15) is 0 Å². The Morgan fingerprint density at radius 2 is 1.82 bits per heavy atom. The number of rotatable bonds is 4. The van der Waals surface area contributed by atoms with Crippen molar-refractivity contribution in [1.29, 1.82) is 0 Å². The van der Waals surface area contributed by atoms with Crippen LogP contribution in [0.1, 0.15) is 43.7 Å². The molecule has 0 aromatic heterocycles. The second-order valence-corrected chi connectivity index (χ2v) is 5.28. The van der Waals surface area contributed by atoms with Crippen LogP contribution in [0.4, 0.5) is 0 Å². The first kappa shape index (κ1) is 12.9. The summed E-state index contributed by atoms with van der Waals surface area (Å²) in [5, 5.41) is 4.45. The summed E-state index contributed by atoms with van der Waals surface area (Å²) in [5.41, 5.74) is 7.10. The van der Waals surface area contributed by atoms with E-state index in [1.54, 1.807) is 0 Å². The van der Waals surface area contributed by atoms with Gasteiger partial charge in [0.25, 0.3) is 0 Å². The van der Waals surface area contributed by atoms with Crippen molar-refractivity contribution in [2.75, 3.05) is 6.54 Å². The van der Waals surface area contributed by atoms with Gasteiger partial charge in [-0.25, -0.2) is 0 Å². The molecule has 1 atom stereocenters. The molecule has 1 aliphatic carbocycles. The molecule has 1 aliphatic rings. The van der Waals surface area contributed by atoms with E-state index in [1.165, 1.54) is 37.7 Å². The van der Waals surface area contributed by atoms with Crippen LogP contribution in [0.3, 0.4) is 0 Å². The van der Waals surface area contributed by atoms with E-state index in [1.807, 2.05) is 12.1 Å². The van der Waals surface area contributed by atoms with Crippen LogP contribution < -0.4 is 11.1 Å². The van der Waals surface area contributed by atoms with E-state index in [-0.39, 0.29) is 6.04 Å². The average molecular weight is 253 g/mol. The Kier molecular flexibility index (Phi) is 4.84. The Hall–Kier alpha value is -0.570. The van der Waals surface area contributed by atoms with E-state index in [9.17, 15) is 0 Å². The van der Waals surface area contributed by atoms with Gasteiger partial charge in [-0.2, -0.15) is 0 Å². The van der Waals surface area contributed by atoms with Gasteiger partial charge in [0.15, 0.2) is 0 Å². The lowest BCUT2D eigenvalue weighted by atomic mass is 9.94. The molecular weight excluding hydrogens is 232 g/mol. The van der Waals surface area contributed by atoms with Crippen LogP contribution in [0.2, 0.25) is 5.02 Å². The quantitative estimate of drug-likeness (QED) is 0.863. The molecule has 3 N–H and O–H groups in total. The first-order chi connectivity index (χ1) is 8.29. The maximum absolute atomic E-state index is 5.90. The Labute approximate surface area is 109 Å². The SMILES string of the molecule is NCC(NC1CCCCC1)c1ccc(Cl)cc1. The van der Waals surface area contributed by atoms with Crippen LogP contribution in [0, 0.1) is 0 Å². The highest BCUT2D eigenvalue weighted by Gasteiger charge is 2.17. The summed E-state index contributed by atoms with van der Waals surface area (Å²) < 4.78 is 0. The number of hydrogen-bond donors (Lipinski definition) is 2. The molecule has 0 radical (unpaired) electrons. The third-order valence-electron chi connectivity index (χ3n) is 3.55. The average Bonchev–Trinajstić information content (AvgIpc) is 2.38. The Morgan fingerprint density at radius 1 is 1.18 bits per heavy atom. The first-order valence-electron chi connectivity index (χ1n) is 6.51. The standard InChI is InChI=1S/C14H21ClN2/c15-12-8-6-11(7-9-12)14(10-16)17-13-4-2-1-3-5-13/h6-9,13-14,17H,1-5,10,16H2. The van der Waals surface area contributed by atoms with Crippen LogP contribution in [-0.2, 0) is 0 Å². The largest absolute Gasteiger partial charge is 0.329 e. The second-order valence-electron chi connectivity index (χ2n) is 4.84. The maximum atomic E-state index is 5.90. The molecule has 17 heavy (non-hydrogen) atoms. The van der Waals surface area contributed by atoms with Gasteiger partial charge in [-0.3, -0.25) is 0 Å². The molecule has 94 valence electrons. The van der Waals surface area contributed by atoms with Crippen LogP contribution in [-0.4, -0.2) is 12.6 Å². The molecule has 1 aromatic rings. The van der Waals surface area contributed by atoms with Gasteiger partial charge >= 0.3 is 0 Å². The summed E-state index contributed by atoms with van der Waals surface area (Å²) in [7, 11) is 0. The second kappa shape index (κ2) is 6.39. The van der Waals surface area contributed by atoms with Crippen molar-refractivity contribution >= 4 is 11.6 Å². The van der Waals surface area contributed by atoms with Gasteiger partial charge in [0, 0.05) is 23.7 Å². The lowest BCUT2D eigenvalue weighted by molar-refractivity contribution is 0.340. The fourth-order valence-corrected chi connectivity index (χ4v) is 2.68. The molecular formula is C14H21ClN2. The van der Waals surface area contributed by atoms with Crippen LogP contribution >= 0.6 is 11.6 Å².